The Kier molecular flexibility index (Phi) is 7.98. The molecule has 1 unspecified atom stereocenters. The Bertz CT molecular complexity index is 791. The van der Waals surface area contributed by atoms with Crippen LogP contribution in [0.1, 0.15) is 35.9 Å². The maximum Gasteiger partial charge on any atom is 0.345 e. The highest BCUT2D eigenvalue weighted by molar-refractivity contribution is 5.94. The van der Waals surface area contributed by atoms with Gasteiger partial charge >= 0.3 is 11.9 Å². The number of esters is 2. The van der Waals surface area contributed by atoms with Crippen LogP contribution in [0.15, 0.2) is 48.5 Å². The lowest BCUT2D eigenvalue weighted by Crippen LogP contribution is -2.28. The third-order valence-corrected chi connectivity index (χ3v) is 4.31. The zero-order valence-corrected chi connectivity index (χ0v) is 16.1. The number of aliphatic hydroxyl groups excluding tert-OH is 1. The van der Waals surface area contributed by atoms with Crippen LogP contribution in [-0.4, -0.2) is 48.2 Å². The summed E-state index contributed by atoms with van der Waals surface area (Å²) in [4.78, 5) is 26.8. The number of benzene rings is 2. The number of nitrogens with zero attached hydrogens (tertiary/aromatic N) is 1. The predicted octanol–water partition coefficient (Wildman–Crippen LogP) is 2.41. The van der Waals surface area contributed by atoms with Gasteiger partial charge in [0.2, 0.25) is 0 Å². The van der Waals surface area contributed by atoms with Crippen LogP contribution < -0.4 is 10.5 Å². The van der Waals surface area contributed by atoms with Gasteiger partial charge in [0.15, 0.2) is 6.10 Å². The van der Waals surface area contributed by atoms with Crippen molar-refractivity contribution in [2.24, 2.45) is 0 Å². The van der Waals surface area contributed by atoms with Gasteiger partial charge in [-0.2, -0.15) is 0 Å². The number of anilines is 1. The summed E-state index contributed by atoms with van der Waals surface area (Å²) >= 11 is 0. The van der Waals surface area contributed by atoms with E-state index in [0.717, 1.165) is 13.1 Å². The zero-order valence-electron chi connectivity index (χ0n) is 16.1. The molecule has 1 atom stereocenters. The summed E-state index contributed by atoms with van der Waals surface area (Å²) in [5.41, 5.74) is 6.53. The number of carbonyl (C=O) groups excluding carboxylic acids is 2. The molecule has 7 nitrogen and oxygen atoms in total. The fourth-order valence-corrected chi connectivity index (χ4v) is 2.61. The Morgan fingerprint density at radius 1 is 1.11 bits per heavy atom. The van der Waals surface area contributed by atoms with E-state index >= 15 is 0 Å². The van der Waals surface area contributed by atoms with Crippen molar-refractivity contribution in [1.82, 2.24) is 4.90 Å². The molecule has 0 aliphatic heterocycles. The molecule has 2 aromatic carbocycles. The first-order chi connectivity index (χ1) is 13.5. The summed E-state index contributed by atoms with van der Waals surface area (Å²) in [5, 5.41) is 10.2. The second-order valence-corrected chi connectivity index (χ2v) is 6.15. The first kappa shape index (κ1) is 21.4. The molecule has 3 N–H and O–H groups in total. The number of hydrogen-bond acceptors (Lipinski definition) is 7. The third kappa shape index (κ3) is 5.80. The predicted molar refractivity (Wildman–Crippen MR) is 106 cm³/mol. The van der Waals surface area contributed by atoms with Crippen molar-refractivity contribution in [3.8, 4) is 5.75 Å². The molecule has 150 valence electrons. The van der Waals surface area contributed by atoms with E-state index in [1.807, 2.05) is 13.8 Å². The van der Waals surface area contributed by atoms with Crippen molar-refractivity contribution in [3.05, 3.63) is 59.7 Å². The van der Waals surface area contributed by atoms with Gasteiger partial charge in [0, 0.05) is 18.3 Å². The van der Waals surface area contributed by atoms with Crippen LogP contribution in [-0.2, 0) is 9.53 Å². The van der Waals surface area contributed by atoms with Crippen molar-refractivity contribution < 1.29 is 24.2 Å². The van der Waals surface area contributed by atoms with E-state index in [4.69, 9.17) is 15.2 Å². The summed E-state index contributed by atoms with van der Waals surface area (Å²) in [6.07, 6.45) is -1.48. The molecule has 0 aliphatic carbocycles. The van der Waals surface area contributed by atoms with Crippen molar-refractivity contribution >= 4 is 17.6 Å². The number of nitrogens with two attached hydrogens (primary N) is 1. The minimum atomic E-state index is -1.48. The number of nitrogen functional groups attached to an aromatic ring is 1. The minimum absolute atomic E-state index is 0.0483. The smallest absolute Gasteiger partial charge is 0.345 e. The lowest BCUT2D eigenvalue weighted by molar-refractivity contribution is -0.144. The molecule has 0 fully saturated rings. The summed E-state index contributed by atoms with van der Waals surface area (Å²) in [6, 6.07) is 12.7. The Morgan fingerprint density at radius 3 is 2.43 bits per heavy atom. The first-order valence-electron chi connectivity index (χ1n) is 9.20. The van der Waals surface area contributed by atoms with Gasteiger partial charge in [-0.3, -0.25) is 0 Å². The minimum Gasteiger partial charge on any atom is -0.461 e. The molecule has 0 saturated heterocycles. The molecule has 0 heterocycles. The van der Waals surface area contributed by atoms with Gasteiger partial charge in [0.1, 0.15) is 17.9 Å². The number of ether oxygens (including phenoxy) is 2. The van der Waals surface area contributed by atoms with Crippen LogP contribution in [0.25, 0.3) is 0 Å². The van der Waals surface area contributed by atoms with Crippen LogP contribution >= 0.6 is 0 Å². The Hall–Kier alpha value is -2.90. The van der Waals surface area contributed by atoms with E-state index in [0.29, 0.717) is 17.8 Å². The molecule has 0 saturated carbocycles. The quantitative estimate of drug-likeness (QED) is 0.388. The van der Waals surface area contributed by atoms with E-state index in [2.05, 4.69) is 4.90 Å². The van der Waals surface area contributed by atoms with E-state index in [1.165, 1.54) is 18.2 Å². The molecular formula is C21H26N2O5. The average molecular weight is 386 g/mol. The maximum absolute atomic E-state index is 12.4. The van der Waals surface area contributed by atoms with Crippen LogP contribution in [0.4, 0.5) is 5.69 Å². The van der Waals surface area contributed by atoms with Crippen molar-refractivity contribution in [1.29, 1.82) is 0 Å². The van der Waals surface area contributed by atoms with Gasteiger partial charge in [-0.05, 0) is 30.8 Å². The standard InChI is InChI=1S/C21H26N2O5/c1-3-23(4-2)12-13-27-20(25)17-11-10-16(22)14-18(17)28-21(26)19(24)15-8-6-5-7-9-15/h5-11,14,19,24H,3-4,12-13,22H2,1-2H3. The molecule has 0 spiro atoms. The van der Waals surface area contributed by atoms with Crippen molar-refractivity contribution in [2.75, 3.05) is 32.0 Å². The van der Waals surface area contributed by atoms with Crippen LogP contribution in [0.2, 0.25) is 0 Å². The highest BCUT2D eigenvalue weighted by atomic mass is 16.6. The fraction of sp³-hybridized carbons (Fsp3) is 0.333. The van der Waals surface area contributed by atoms with Crippen molar-refractivity contribution in [3.63, 3.8) is 0 Å². The molecule has 2 aromatic rings. The van der Waals surface area contributed by atoms with E-state index in [-0.39, 0.29) is 17.9 Å². The molecule has 0 radical (unpaired) electrons. The Labute approximate surface area is 164 Å². The normalized spacial score (nSPS) is 11.9. The second-order valence-electron chi connectivity index (χ2n) is 6.15. The van der Waals surface area contributed by atoms with Gasteiger partial charge in [-0.15, -0.1) is 0 Å². The van der Waals surface area contributed by atoms with Crippen molar-refractivity contribution in [2.45, 2.75) is 20.0 Å². The molecule has 0 aliphatic rings. The van der Waals surface area contributed by atoms with Gasteiger partial charge in [0.05, 0.1) is 0 Å². The molecule has 28 heavy (non-hydrogen) atoms. The molecule has 0 amide bonds. The molecule has 0 bridgehead atoms. The second kappa shape index (κ2) is 10.4. The molecule has 0 aromatic heterocycles. The van der Waals surface area contributed by atoms with Gasteiger partial charge in [-0.25, -0.2) is 9.59 Å². The number of carbonyl (C=O) groups is 2. The lowest BCUT2D eigenvalue weighted by atomic mass is 10.1. The monoisotopic (exact) mass is 386 g/mol. The van der Waals surface area contributed by atoms with Crippen LogP contribution in [0, 0.1) is 0 Å². The summed E-state index contributed by atoms with van der Waals surface area (Å²) in [6.45, 7) is 6.59. The van der Waals surface area contributed by atoms with Gasteiger partial charge in [-0.1, -0.05) is 44.2 Å². The lowest BCUT2D eigenvalue weighted by Gasteiger charge is -2.18. The first-order valence-corrected chi connectivity index (χ1v) is 9.20. The maximum atomic E-state index is 12.4. The Morgan fingerprint density at radius 2 is 1.79 bits per heavy atom. The SMILES string of the molecule is CCN(CC)CCOC(=O)c1ccc(N)cc1OC(=O)C(O)c1ccccc1. The van der Waals surface area contributed by atoms with Crippen LogP contribution in [0.3, 0.4) is 0 Å². The van der Waals surface area contributed by atoms with Gasteiger partial charge < -0.3 is 25.2 Å². The van der Waals surface area contributed by atoms with E-state index in [1.54, 1.807) is 30.3 Å². The van der Waals surface area contributed by atoms with Gasteiger partial charge in [0.25, 0.3) is 0 Å². The number of rotatable bonds is 9. The van der Waals surface area contributed by atoms with E-state index < -0.39 is 18.0 Å². The Balaban J connectivity index is 2.09. The molecule has 2 rings (SSSR count). The topological polar surface area (TPSA) is 102 Å². The highest BCUT2D eigenvalue weighted by Gasteiger charge is 2.23. The number of hydrogen-bond donors (Lipinski definition) is 2. The fourth-order valence-electron chi connectivity index (χ4n) is 2.61. The largest absolute Gasteiger partial charge is 0.461 e. The van der Waals surface area contributed by atoms with E-state index in [9.17, 15) is 14.7 Å². The number of likely N-dealkylation sites (N-methyl/N-ethyl adjacent to an activating group) is 1. The average Bonchev–Trinajstić information content (AvgIpc) is 2.71. The summed E-state index contributed by atoms with van der Waals surface area (Å²) in [5.74, 6) is -1.58. The summed E-state index contributed by atoms with van der Waals surface area (Å²) in [7, 11) is 0. The third-order valence-electron chi connectivity index (χ3n) is 4.31. The highest BCUT2D eigenvalue weighted by Crippen LogP contribution is 2.25. The van der Waals surface area contributed by atoms with Crippen LogP contribution in [0.5, 0.6) is 5.75 Å². The number of aliphatic hydroxyl groups is 1. The zero-order chi connectivity index (χ0) is 20.5. The summed E-state index contributed by atoms with van der Waals surface area (Å²) < 4.78 is 10.5. The molecular weight excluding hydrogens is 360 g/mol. The molecule has 7 heteroatoms.